The summed E-state index contributed by atoms with van der Waals surface area (Å²) in [4.78, 5) is 19.3. The van der Waals surface area contributed by atoms with Gasteiger partial charge in [-0.2, -0.15) is 4.98 Å². The van der Waals surface area contributed by atoms with E-state index in [1.807, 2.05) is 29.6 Å². The first-order valence-corrected chi connectivity index (χ1v) is 8.72. The van der Waals surface area contributed by atoms with Crippen LogP contribution in [0.2, 0.25) is 0 Å². The zero-order valence-corrected chi connectivity index (χ0v) is 14.5. The number of benzene rings is 1. The molecule has 24 heavy (non-hydrogen) atoms. The van der Waals surface area contributed by atoms with Crippen LogP contribution in [-0.2, 0) is 24.2 Å². The number of hydrogen-bond acceptors (Lipinski definition) is 5. The van der Waals surface area contributed by atoms with Gasteiger partial charge in [0.15, 0.2) is 0 Å². The first-order valence-electron chi connectivity index (χ1n) is 7.84. The van der Waals surface area contributed by atoms with Crippen molar-refractivity contribution in [2.45, 2.75) is 26.3 Å². The van der Waals surface area contributed by atoms with Crippen molar-refractivity contribution in [2.24, 2.45) is 0 Å². The molecular formula is C18H19N3O2S. The standard InChI is InChI=1S/C18H19N3O2S/c1-3-13-6-8-14(9-7-13)11-17(22)21(2)12-16-19-18(20-23-16)15-5-4-10-24-15/h4-10H,3,11-12H2,1-2H3. The summed E-state index contributed by atoms with van der Waals surface area (Å²) in [7, 11) is 1.75. The quantitative estimate of drug-likeness (QED) is 0.688. The lowest BCUT2D eigenvalue weighted by molar-refractivity contribution is -0.130. The van der Waals surface area contributed by atoms with Crippen molar-refractivity contribution in [1.29, 1.82) is 0 Å². The van der Waals surface area contributed by atoms with E-state index in [0.717, 1.165) is 16.9 Å². The third-order valence-electron chi connectivity index (χ3n) is 3.79. The number of carbonyl (C=O) groups excluding carboxylic acids is 1. The molecule has 0 bridgehead atoms. The zero-order valence-electron chi connectivity index (χ0n) is 13.7. The summed E-state index contributed by atoms with van der Waals surface area (Å²) in [5, 5.41) is 5.92. The number of amides is 1. The molecule has 6 heteroatoms. The maximum Gasteiger partial charge on any atom is 0.246 e. The van der Waals surface area contributed by atoms with Gasteiger partial charge < -0.3 is 9.42 Å². The van der Waals surface area contributed by atoms with E-state index in [0.29, 0.717) is 24.7 Å². The van der Waals surface area contributed by atoms with E-state index in [-0.39, 0.29) is 5.91 Å². The van der Waals surface area contributed by atoms with Gasteiger partial charge in [0.25, 0.3) is 0 Å². The number of rotatable bonds is 6. The average Bonchev–Trinajstić information content (AvgIpc) is 3.26. The van der Waals surface area contributed by atoms with Crippen molar-refractivity contribution < 1.29 is 9.32 Å². The lowest BCUT2D eigenvalue weighted by atomic mass is 10.1. The molecule has 0 saturated heterocycles. The van der Waals surface area contributed by atoms with Crippen molar-refractivity contribution in [3.05, 3.63) is 58.8 Å². The largest absolute Gasteiger partial charge is 0.337 e. The summed E-state index contributed by atoms with van der Waals surface area (Å²) in [5.74, 6) is 1.03. The van der Waals surface area contributed by atoms with Crippen LogP contribution in [0.4, 0.5) is 0 Å². The van der Waals surface area contributed by atoms with Crippen molar-refractivity contribution in [3.63, 3.8) is 0 Å². The molecule has 1 aromatic carbocycles. The van der Waals surface area contributed by atoms with Gasteiger partial charge in [0.2, 0.25) is 17.6 Å². The highest BCUT2D eigenvalue weighted by molar-refractivity contribution is 7.13. The highest BCUT2D eigenvalue weighted by atomic mass is 32.1. The fraction of sp³-hybridized carbons (Fsp3) is 0.278. The minimum atomic E-state index is 0.0233. The minimum Gasteiger partial charge on any atom is -0.337 e. The summed E-state index contributed by atoms with van der Waals surface area (Å²) in [5.41, 5.74) is 2.28. The van der Waals surface area contributed by atoms with Crippen LogP contribution in [0.1, 0.15) is 23.9 Å². The molecule has 5 nitrogen and oxygen atoms in total. The molecule has 2 heterocycles. The molecule has 0 aliphatic rings. The second-order valence-electron chi connectivity index (χ2n) is 5.59. The van der Waals surface area contributed by atoms with Crippen molar-refractivity contribution >= 4 is 17.2 Å². The Kier molecular flexibility index (Phi) is 5.05. The number of nitrogens with zero attached hydrogens (tertiary/aromatic N) is 3. The molecule has 0 atom stereocenters. The molecule has 1 amide bonds. The Morgan fingerprint density at radius 1 is 1.21 bits per heavy atom. The summed E-state index contributed by atoms with van der Waals surface area (Å²) in [6.45, 7) is 2.42. The second kappa shape index (κ2) is 7.40. The number of carbonyl (C=O) groups is 1. The van der Waals surface area contributed by atoms with Crippen LogP contribution in [0.3, 0.4) is 0 Å². The molecule has 0 radical (unpaired) electrons. The predicted molar refractivity (Wildman–Crippen MR) is 93.6 cm³/mol. The first kappa shape index (κ1) is 16.4. The van der Waals surface area contributed by atoms with Gasteiger partial charge in [0.1, 0.15) is 0 Å². The molecule has 2 aromatic heterocycles. The number of likely N-dealkylation sites (N-methyl/N-ethyl adjacent to an activating group) is 1. The van der Waals surface area contributed by atoms with Gasteiger partial charge in [-0.05, 0) is 29.0 Å². The molecule has 3 aromatic rings. The Labute approximate surface area is 144 Å². The van der Waals surface area contributed by atoms with Gasteiger partial charge in [-0.1, -0.05) is 42.4 Å². The first-order chi connectivity index (χ1) is 11.7. The van der Waals surface area contributed by atoms with Gasteiger partial charge in [0, 0.05) is 7.05 Å². The van der Waals surface area contributed by atoms with Gasteiger partial charge in [0.05, 0.1) is 17.8 Å². The molecule has 0 unspecified atom stereocenters. The Bertz CT molecular complexity index is 794. The topological polar surface area (TPSA) is 59.2 Å². The van der Waals surface area contributed by atoms with E-state index < -0.39 is 0 Å². The molecule has 0 aliphatic carbocycles. The van der Waals surface area contributed by atoms with Crippen molar-refractivity contribution in [1.82, 2.24) is 15.0 Å². The fourth-order valence-corrected chi connectivity index (χ4v) is 2.97. The summed E-state index contributed by atoms with van der Waals surface area (Å²) >= 11 is 1.55. The summed E-state index contributed by atoms with van der Waals surface area (Å²) < 4.78 is 5.24. The molecule has 0 fully saturated rings. The highest BCUT2D eigenvalue weighted by Crippen LogP contribution is 2.21. The van der Waals surface area contributed by atoms with Crippen LogP contribution in [0.5, 0.6) is 0 Å². The van der Waals surface area contributed by atoms with E-state index in [9.17, 15) is 4.79 Å². The van der Waals surface area contributed by atoms with E-state index in [2.05, 4.69) is 29.2 Å². The highest BCUT2D eigenvalue weighted by Gasteiger charge is 2.15. The molecule has 0 spiro atoms. The van der Waals surface area contributed by atoms with E-state index in [1.54, 1.807) is 23.3 Å². The monoisotopic (exact) mass is 341 g/mol. The summed E-state index contributed by atoms with van der Waals surface area (Å²) in [6.07, 6.45) is 1.37. The van der Waals surface area contributed by atoms with Crippen LogP contribution in [0.25, 0.3) is 10.7 Å². The van der Waals surface area contributed by atoms with E-state index >= 15 is 0 Å². The van der Waals surface area contributed by atoms with Crippen molar-refractivity contribution in [2.75, 3.05) is 7.05 Å². The normalized spacial score (nSPS) is 10.8. The average molecular weight is 341 g/mol. The van der Waals surface area contributed by atoms with E-state index in [4.69, 9.17) is 4.52 Å². The molecule has 0 aliphatic heterocycles. The molecule has 3 rings (SSSR count). The number of aryl methyl sites for hydroxylation is 1. The second-order valence-corrected chi connectivity index (χ2v) is 6.53. The Morgan fingerprint density at radius 2 is 1.96 bits per heavy atom. The third kappa shape index (κ3) is 3.89. The molecule has 0 N–H and O–H groups in total. The van der Waals surface area contributed by atoms with Crippen molar-refractivity contribution in [3.8, 4) is 10.7 Å². The van der Waals surface area contributed by atoms with Gasteiger partial charge >= 0.3 is 0 Å². The third-order valence-corrected chi connectivity index (χ3v) is 4.66. The predicted octanol–water partition coefficient (Wildman–Crippen LogP) is 3.56. The number of aromatic nitrogens is 2. The lowest BCUT2D eigenvalue weighted by Crippen LogP contribution is -2.27. The van der Waals surface area contributed by atoms with Crippen LogP contribution in [0.15, 0.2) is 46.3 Å². The SMILES string of the molecule is CCc1ccc(CC(=O)N(C)Cc2nc(-c3cccs3)no2)cc1. The molecular weight excluding hydrogens is 322 g/mol. The minimum absolute atomic E-state index is 0.0233. The summed E-state index contributed by atoms with van der Waals surface area (Å²) in [6, 6.07) is 12.0. The van der Waals surface area contributed by atoms with Crippen LogP contribution < -0.4 is 0 Å². The van der Waals surface area contributed by atoms with E-state index in [1.165, 1.54) is 5.56 Å². The van der Waals surface area contributed by atoms with Crippen LogP contribution >= 0.6 is 11.3 Å². The fourth-order valence-electron chi connectivity index (χ4n) is 2.32. The van der Waals surface area contributed by atoms with Crippen LogP contribution in [0, 0.1) is 0 Å². The molecule has 0 saturated carbocycles. The van der Waals surface area contributed by atoms with Gasteiger partial charge in [-0.25, -0.2) is 0 Å². The smallest absolute Gasteiger partial charge is 0.246 e. The maximum absolute atomic E-state index is 12.3. The zero-order chi connectivity index (χ0) is 16.9. The Morgan fingerprint density at radius 3 is 2.62 bits per heavy atom. The molecule has 124 valence electrons. The Hall–Kier alpha value is -2.47. The number of hydrogen-bond donors (Lipinski definition) is 0. The maximum atomic E-state index is 12.3. The van der Waals surface area contributed by atoms with Gasteiger partial charge in [-0.15, -0.1) is 11.3 Å². The van der Waals surface area contributed by atoms with Crippen LogP contribution in [-0.4, -0.2) is 28.0 Å². The van der Waals surface area contributed by atoms with Gasteiger partial charge in [-0.3, -0.25) is 4.79 Å². The number of thiophene rings is 1. The Balaban J connectivity index is 1.59. The lowest BCUT2D eigenvalue weighted by Gasteiger charge is -2.14.